The van der Waals surface area contributed by atoms with Gasteiger partial charge in [-0.05, 0) is 16.7 Å². The third kappa shape index (κ3) is 6.71. The second-order valence-corrected chi connectivity index (χ2v) is 8.08. The lowest BCUT2D eigenvalue weighted by Gasteiger charge is -2.42. The highest BCUT2D eigenvalue weighted by molar-refractivity contribution is 5.15. The Labute approximate surface area is 194 Å². The fourth-order valence-corrected chi connectivity index (χ4v) is 3.84. The molecule has 1 heterocycles. The number of hydrogen-bond donors (Lipinski definition) is 2. The van der Waals surface area contributed by atoms with Gasteiger partial charge in [0.05, 0.1) is 26.4 Å². The normalized spacial score (nSPS) is 25.1. The number of rotatable bonds is 10. The van der Waals surface area contributed by atoms with Crippen LogP contribution in [0.25, 0.3) is 0 Å². The molecule has 2 N–H and O–H groups in total. The molecular weight excluding hydrogens is 420 g/mol. The van der Waals surface area contributed by atoms with Gasteiger partial charge in [-0.2, -0.15) is 0 Å². The average Bonchev–Trinajstić information content (AvgIpc) is 2.86. The van der Waals surface area contributed by atoms with Crippen LogP contribution in [0.1, 0.15) is 16.7 Å². The molecule has 6 heteroatoms. The Balaban J connectivity index is 1.46. The first kappa shape index (κ1) is 23.6. The number of aliphatic hydroxyl groups is 2. The molecule has 3 aromatic carbocycles. The van der Waals surface area contributed by atoms with Gasteiger partial charge in [-0.15, -0.1) is 0 Å². The third-order valence-electron chi connectivity index (χ3n) is 5.60. The Morgan fingerprint density at radius 3 is 1.58 bits per heavy atom. The van der Waals surface area contributed by atoms with Gasteiger partial charge in [0, 0.05) is 0 Å². The van der Waals surface area contributed by atoms with E-state index in [1.807, 2.05) is 91.0 Å². The molecule has 33 heavy (non-hydrogen) atoms. The molecule has 5 atom stereocenters. The van der Waals surface area contributed by atoms with E-state index in [0.717, 1.165) is 16.7 Å². The van der Waals surface area contributed by atoms with Gasteiger partial charge in [0.2, 0.25) is 0 Å². The fraction of sp³-hybridized carbons (Fsp3) is 0.333. The van der Waals surface area contributed by atoms with Gasteiger partial charge in [-0.25, -0.2) is 0 Å². The highest BCUT2D eigenvalue weighted by Gasteiger charge is 2.46. The Morgan fingerprint density at radius 1 is 0.606 bits per heavy atom. The number of hydrogen-bond acceptors (Lipinski definition) is 6. The summed E-state index contributed by atoms with van der Waals surface area (Å²) in [5.74, 6) is 0. The lowest BCUT2D eigenvalue weighted by atomic mass is 9.98. The fourth-order valence-electron chi connectivity index (χ4n) is 3.84. The lowest BCUT2D eigenvalue weighted by Crippen LogP contribution is -2.60. The minimum atomic E-state index is -1.40. The van der Waals surface area contributed by atoms with Crippen LogP contribution in [0.2, 0.25) is 0 Å². The molecule has 1 aliphatic rings. The van der Waals surface area contributed by atoms with Crippen LogP contribution in [0, 0.1) is 0 Å². The highest BCUT2D eigenvalue weighted by Crippen LogP contribution is 2.27. The van der Waals surface area contributed by atoms with Crippen LogP contribution in [-0.4, -0.2) is 47.5 Å². The summed E-state index contributed by atoms with van der Waals surface area (Å²) < 4.78 is 23.9. The topological polar surface area (TPSA) is 77.4 Å². The molecule has 1 saturated heterocycles. The van der Waals surface area contributed by atoms with E-state index in [-0.39, 0.29) is 13.2 Å². The predicted molar refractivity (Wildman–Crippen MR) is 123 cm³/mol. The number of benzene rings is 3. The van der Waals surface area contributed by atoms with Gasteiger partial charge in [0.15, 0.2) is 6.29 Å². The molecule has 3 unspecified atom stereocenters. The summed E-state index contributed by atoms with van der Waals surface area (Å²) in [6, 6.07) is 29.3. The van der Waals surface area contributed by atoms with Gasteiger partial charge in [-0.3, -0.25) is 0 Å². The van der Waals surface area contributed by atoms with Crippen LogP contribution >= 0.6 is 0 Å². The van der Waals surface area contributed by atoms with Crippen molar-refractivity contribution in [3.63, 3.8) is 0 Å². The maximum Gasteiger partial charge on any atom is 0.184 e. The molecular formula is C27H30O6. The summed E-state index contributed by atoms with van der Waals surface area (Å²) in [5, 5.41) is 21.1. The van der Waals surface area contributed by atoms with Crippen LogP contribution in [0.3, 0.4) is 0 Å². The van der Waals surface area contributed by atoms with E-state index >= 15 is 0 Å². The summed E-state index contributed by atoms with van der Waals surface area (Å²) in [6.45, 7) is 1.18. The van der Waals surface area contributed by atoms with Crippen molar-refractivity contribution in [3.05, 3.63) is 108 Å². The molecule has 3 aromatic rings. The molecule has 0 bridgehead atoms. The maximum atomic E-state index is 10.7. The van der Waals surface area contributed by atoms with Gasteiger partial charge in [0.25, 0.3) is 0 Å². The first-order valence-electron chi connectivity index (χ1n) is 11.1. The summed E-state index contributed by atoms with van der Waals surface area (Å²) in [4.78, 5) is 0. The van der Waals surface area contributed by atoms with E-state index in [4.69, 9.17) is 18.9 Å². The minimum Gasteiger partial charge on any atom is -0.385 e. The Morgan fingerprint density at radius 2 is 1.06 bits per heavy atom. The van der Waals surface area contributed by atoms with Gasteiger partial charge in [0.1, 0.15) is 24.4 Å². The zero-order valence-corrected chi connectivity index (χ0v) is 18.4. The van der Waals surface area contributed by atoms with Crippen molar-refractivity contribution in [3.8, 4) is 0 Å². The van der Waals surface area contributed by atoms with Crippen molar-refractivity contribution in [2.24, 2.45) is 0 Å². The van der Waals surface area contributed by atoms with Gasteiger partial charge >= 0.3 is 0 Å². The number of aliphatic hydroxyl groups excluding tert-OH is 2. The SMILES string of the molecule is OC1OC(COCc2ccccc2)[C@@H](OCc2ccccc2)[C@@H](OCc2ccccc2)C1O. The van der Waals surface area contributed by atoms with E-state index in [9.17, 15) is 10.2 Å². The Bertz CT molecular complexity index is 937. The van der Waals surface area contributed by atoms with Crippen LogP contribution in [-0.2, 0) is 38.8 Å². The molecule has 0 saturated carbocycles. The second kappa shape index (κ2) is 12.0. The van der Waals surface area contributed by atoms with Crippen molar-refractivity contribution in [2.75, 3.05) is 6.61 Å². The molecule has 0 aromatic heterocycles. The predicted octanol–water partition coefficient (Wildman–Crippen LogP) is 3.45. The van der Waals surface area contributed by atoms with Crippen molar-refractivity contribution in [2.45, 2.75) is 50.5 Å². The summed E-state index contributed by atoms with van der Waals surface area (Å²) in [7, 11) is 0. The molecule has 4 rings (SSSR count). The first-order valence-corrected chi connectivity index (χ1v) is 11.1. The van der Waals surface area contributed by atoms with Gasteiger partial charge < -0.3 is 29.2 Å². The van der Waals surface area contributed by atoms with E-state index in [2.05, 4.69) is 0 Å². The van der Waals surface area contributed by atoms with Crippen molar-refractivity contribution in [1.82, 2.24) is 0 Å². The van der Waals surface area contributed by atoms with Crippen molar-refractivity contribution < 1.29 is 29.2 Å². The van der Waals surface area contributed by atoms with Crippen LogP contribution < -0.4 is 0 Å². The van der Waals surface area contributed by atoms with Gasteiger partial charge in [-0.1, -0.05) is 91.0 Å². The molecule has 0 amide bonds. The minimum absolute atomic E-state index is 0.184. The quantitative estimate of drug-likeness (QED) is 0.493. The third-order valence-corrected chi connectivity index (χ3v) is 5.60. The van der Waals surface area contributed by atoms with E-state index in [1.165, 1.54) is 0 Å². The first-order chi connectivity index (χ1) is 16.2. The molecule has 174 valence electrons. The number of ether oxygens (including phenoxy) is 4. The standard InChI is InChI=1S/C27H30O6/c28-24-26(32-18-22-14-8-3-9-15-22)25(31-17-21-12-6-2-7-13-21)23(33-27(24)29)19-30-16-20-10-4-1-5-11-20/h1-15,23-29H,16-19H2/t23?,24?,25-,26+,27?/m1/s1. The zero-order chi connectivity index (χ0) is 22.9. The molecule has 1 fully saturated rings. The van der Waals surface area contributed by atoms with Crippen LogP contribution in [0.4, 0.5) is 0 Å². The largest absolute Gasteiger partial charge is 0.385 e. The van der Waals surface area contributed by atoms with E-state index in [1.54, 1.807) is 0 Å². The Hall–Kier alpha value is -2.58. The molecule has 6 nitrogen and oxygen atoms in total. The zero-order valence-electron chi connectivity index (χ0n) is 18.4. The highest BCUT2D eigenvalue weighted by atomic mass is 16.7. The van der Waals surface area contributed by atoms with E-state index < -0.39 is 30.7 Å². The Kier molecular flexibility index (Phi) is 8.60. The molecule has 1 aliphatic heterocycles. The molecule has 0 aliphatic carbocycles. The summed E-state index contributed by atoms with van der Waals surface area (Å²) in [5.41, 5.74) is 2.99. The summed E-state index contributed by atoms with van der Waals surface area (Å²) >= 11 is 0. The summed E-state index contributed by atoms with van der Waals surface area (Å²) in [6.07, 6.45) is -4.68. The average molecular weight is 451 g/mol. The van der Waals surface area contributed by atoms with Crippen LogP contribution in [0.5, 0.6) is 0 Å². The van der Waals surface area contributed by atoms with E-state index in [0.29, 0.717) is 13.2 Å². The molecule has 0 radical (unpaired) electrons. The monoisotopic (exact) mass is 450 g/mol. The maximum absolute atomic E-state index is 10.7. The van der Waals surface area contributed by atoms with Crippen molar-refractivity contribution in [1.29, 1.82) is 0 Å². The van der Waals surface area contributed by atoms with Crippen LogP contribution in [0.15, 0.2) is 91.0 Å². The lowest BCUT2D eigenvalue weighted by molar-refractivity contribution is -0.307. The second-order valence-electron chi connectivity index (χ2n) is 8.08. The molecule has 0 spiro atoms. The smallest absolute Gasteiger partial charge is 0.184 e. The van der Waals surface area contributed by atoms with Crippen molar-refractivity contribution >= 4 is 0 Å².